The summed E-state index contributed by atoms with van der Waals surface area (Å²) < 4.78 is 10.9. The number of methoxy groups -OCH3 is 1. The zero-order valence-electron chi connectivity index (χ0n) is 18.5. The summed E-state index contributed by atoms with van der Waals surface area (Å²) in [4.78, 5) is 6.62. The summed E-state index contributed by atoms with van der Waals surface area (Å²) >= 11 is 0. The van der Waals surface area contributed by atoms with E-state index >= 15 is 0 Å². The van der Waals surface area contributed by atoms with Crippen LogP contribution in [0.3, 0.4) is 0 Å². The Balaban J connectivity index is 0.00000729. The van der Waals surface area contributed by atoms with Gasteiger partial charge in [-0.15, -0.1) is 24.0 Å². The maximum atomic E-state index is 5.87. The van der Waals surface area contributed by atoms with Gasteiger partial charge in [-0.1, -0.05) is 26.0 Å². The molecule has 0 radical (unpaired) electrons. The van der Waals surface area contributed by atoms with Crippen LogP contribution >= 0.6 is 24.0 Å². The second-order valence-electron chi connectivity index (χ2n) is 7.51. The molecule has 2 N–H and O–H groups in total. The molecule has 0 saturated heterocycles. The van der Waals surface area contributed by atoms with Crippen LogP contribution in [0.2, 0.25) is 0 Å². The van der Waals surface area contributed by atoms with Crippen LogP contribution in [-0.2, 0) is 11.3 Å². The van der Waals surface area contributed by atoms with Crippen LogP contribution in [0.25, 0.3) is 0 Å². The summed E-state index contributed by atoms with van der Waals surface area (Å²) in [5.74, 6) is 2.35. The maximum absolute atomic E-state index is 5.87. The minimum Gasteiger partial charge on any atom is -0.491 e. The van der Waals surface area contributed by atoms with Gasteiger partial charge in [-0.2, -0.15) is 0 Å². The molecule has 28 heavy (non-hydrogen) atoms. The van der Waals surface area contributed by atoms with Crippen LogP contribution in [0.5, 0.6) is 5.75 Å². The number of guanidine groups is 1. The fraction of sp³-hybridized carbons (Fsp3) is 0.667. The molecule has 0 aliphatic heterocycles. The Labute approximate surface area is 188 Å². The second-order valence-corrected chi connectivity index (χ2v) is 7.51. The lowest BCUT2D eigenvalue weighted by Gasteiger charge is -2.27. The fourth-order valence-corrected chi connectivity index (χ4v) is 2.81. The van der Waals surface area contributed by atoms with Crippen molar-refractivity contribution >= 4 is 29.9 Å². The predicted octanol–water partition coefficient (Wildman–Crippen LogP) is 3.28. The molecule has 0 aliphatic rings. The van der Waals surface area contributed by atoms with Gasteiger partial charge in [0.2, 0.25) is 0 Å². The minimum absolute atomic E-state index is 0. The van der Waals surface area contributed by atoms with Crippen LogP contribution in [-0.4, -0.2) is 64.9 Å². The number of likely N-dealkylation sites (N-methyl/N-ethyl adjacent to an activating group) is 1. The Hall–Kier alpha value is -1.06. The highest BCUT2D eigenvalue weighted by Gasteiger charge is 2.14. The quantitative estimate of drug-likeness (QED) is 0.209. The number of nitrogens with one attached hydrogen (secondary N) is 2. The lowest BCUT2D eigenvalue weighted by molar-refractivity contribution is 0.145. The highest BCUT2D eigenvalue weighted by atomic mass is 127. The summed E-state index contributed by atoms with van der Waals surface area (Å²) in [6.07, 6.45) is 1.15. The molecule has 6 nitrogen and oxygen atoms in total. The van der Waals surface area contributed by atoms with E-state index in [4.69, 9.17) is 9.47 Å². The van der Waals surface area contributed by atoms with E-state index in [1.807, 2.05) is 0 Å². The minimum atomic E-state index is 0. The molecule has 0 heterocycles. The lowest BCUT2D eigenvalue weighted by atomic mass is 10.0. The van der Waals surface area contributed by atoms with E-state index < -0.39 is 0 Å². The Morgan fingerprint density at radius 3 is 2.46 bits per heavy atom. The Kier molecular flexibility index (Phi) is 14.3. The van der Waals surface area contributed by atoms with E-state index in [1.165, 1.54) is 5.56 Å². The van der Waals surface area contributed by atoms with Gasteiger partial charge in [0.1, 0.15) is 12.4 Å². The molecule has 0 aromatic heterocycles. The highest BCUT2D eigenvalue weighted by Crippen LogP contribution is 2.20. The molecule has 0 fully saturated rings. The molecule has 0 amide bonds. The number of benzene rings is 1. The van der Waals surface area contributed by atoms with E-state index in [2.05, 4.69) is 73.6 Å². The third kappa shape index (κ3) is 10.5. The molecule has 1 rings (SSSR count). The molecule has 162 valence electrons. The number of rotatable bonds is 11. The van der Waals surface area contributed by atoms with Crippen LogP contribution in [0.4, 0.5) is 0 Å². The van der Waals surface area contributed by atoms with E-state index in [1.54, 1.807) is 14.2 Å². The van der Waals surface area contributed by atoms with Gasteiger partial charge in [-0.25, -0.2) is 0 Å². The first-order valence-electron chi connectivity index (χ1n) is 9.69. The molecule has 1 aromatic rings. The van der Waals surface area contributed by atoms with Crippen molar-refractivity contribution in [3.8, 4) is 5.75 Å². The smallest absolute Gasteiger partial charge is 0.191 e. The zero-order valence-corrected chi connectivity index (χ0v) is 20.9. The van der Waals surface area contributed by atoms with E-state index in [0.717, 1.165) is 30.2 Å². The summed E-state index contributed by atoms with van der Waals surface area (Å²) in [5.41, 5.74) is 2.28. The van der Waals surface area contributed by atoms with Gasteiger partial charge in [-0.3, -0.25) is 4.99 Å². The van der Waals surface area contributed by atoms with Crippen LogP contribution < -0.4 is 15.4 Å². The van der Waals surface area contributed by atoms with Gasteiger partial charge < -0.3 is 25.0 Å². The zero-order chi connectivity index (χ0) is 20.2. The number of halogens is 1. The Bertz CT molecular complexity index is 580. The molecule has 1 atom stereocenters. The SMILES string of the molecule is CN=C(NCc1ccc(C)cc1OCCOC)NCC(CC(C)C)N(C)C.I. The van der Waals surface area contributed by atoms with Crippen molar-refractivity contribution in [2.75, 3.05) is 48.0 Å². The van der Waals surface area contributed by atoms with Crippen LogP contribution in [0, 0.1) is 12.8 Å². The molecule has 0 aliphatic carbocycles. The standard InChI is InChI=1S/C21H38N4O2.HI/c1-16(2)12-19(25(5)6)15-24-21(22-4)23-14-18-9-8-17(3)13-20(18)27-11-10-26-7;/h8-9,13,16,19H,10-12,14-15H2,1-7H3,(H2,22,23,24);1H. The van der Waals surface area contributed by atoms with Gasteiger partial charge in [-0.05, 0) is 45.0 Å². The largest absolute Gasteiger partial charge is 0.491 e. The van der Waals surface area contributed by atoms with Crippen LogP contribution in [0.15, 0.2) is 23.2 Å². The van der Waals surface area contributed by atoms with Gasteiger partial charge in [0.15, 0.2) is 5.96 Å². The van der Waals surface area contributed by atoms with Gasteiger partial charge in [0.05, 0.1) is 6.61 Å². The first-order chi connectivity index (χ1) is 12.9. The number of hydrogen-bond acceptors (Lipinski definition) is 4. The van der Waals surface area contributed by atoms with Crippen molar-refractivity contribution in [1.82, 2.24) is 15.5 Å². The Morgan fingerprint density at radius 2 is 1.89 bits per heavy atom. The van der Waals surface area contributed by atoms with Gasteiger partial charge in [0, 0.05) is 38.9 Å². The first-order valence-corrected chi connectivity index (χ1v) is 9.69. The number of aryl methyl sites for hydroxylation is 1. The van der Waals surface area contributed by atoms with E-state index in [9.17, 15) is 0 Å². The highest BCUT2D eigenvalue weighted by molar-refractivity contribution is 14.0. The normalized spacial score (nSPS) is 12.7. The third-order valence-electron chi connectivity index (χ3n) is 4.42. The fourth-order valence-electron chi connectivity index (χ4n) is 2.81. The van der Waals surface area contributed by atoms with Gasteiger partial charge in [0.25, 0.3) is 0 Å². The monoisotopic (exact) mass is 506 g/mol. The number of nitrogens with zero attached hydrogens (tertiary/aromatic N) is 2. The van der Waals surface area contributed by atoms with Crippen molar-refractivity contribution < 1.29 is 9.47 Å². The van der Waals surface area contributed by atoms with Gasteiger partial charge >= 0.3 is 0 Å². The molecular weight excluding hydrogens is 467 g/mol. The molecular formula is C21H39IN4O2. The van der Waals surface area contributed by atoms with Crippen molar-refractivity contribution in [3.63, 3.8) is 0 Å². The van der Waals surface area contributed by atoms with Crippen LogP contribution in [0.1, 0.15) is 31.4 Å². The molecule has 0 bridgehead atoms. The summed E-state index contributed by atoms with van der Waals surface area (Å²) in [7, 11) is 7.73. The first kappa shape index (κ1) is 26.9. The van der Waals surface area contributed by atoms with Crippen molar-refractivity contribution in [3.05, 3.63) is 29.3 Å². The molecule has 0 spiro atoms. The predicted molar refractivity (Wildman–Crippen MR) is 129 cm³/mol. The van der Waals surface area contributed by atoms with Crippen molar-refractivity contribution in [1.29, 1.82) is 0 Å². The number of hydrogen-bond donors (Lipinski definition) is 2. The molecule has 0 saturated carbocycles. The lowest BCUT2D eigenvalue weighted by Crippen LogP contribution is -2.45. The Morgan fingerprint density at radius 1 is 1.18 bits per heavy atom. The molecule has 7 heteroatoms. The van der Waals surface area contributed by atoms with Crippen molar-refractivity contribution in [2.24, 2.45) is 10.9 Å². The maximum Gasteiger partial charge on any atom is 0.191 e. The average molecular weight is 506 g/mol. The summed E-state index contributed by atoms with van der Waals surface area (Å²) in [6.45, 7) is 9.20. The average Bonchev–Trinajstić information content (AvgIpc) is 2.61. The number of aliphatic imine (C=N–C) groups is 1. The van der Waals surface area contributed by atoms with Crippen molar-refractivity contribution in [2.45, 2.75) is 39.8 Å². The van der Waals surface area contributed by atoms with E-state index in [0.29, 0.717) is 31.7 Å². The summed E-state index contributed by atoms with van der Waals surface area (Å²) in [6, 6.07) is 6.73. The van der Waals surface area contributed by atoms with E-state index in [-0.39, 0.29) is 24.0 Å². The third-order valence-corrected chi connectivity index (χ3v) is 4.42. The number of ether oxygens (including phenoxy) is 2. The second kappa shape index (κ2) is 14.9. The molecule has 1 aromatic carbocycles. The summed E-state index contributed by atoms with van der Waals surface area (Å²) in [5, 5.41) is 6.84. The topological polar surface area (TPSA) is 58.1 Å². The molecule has 1 unspecified atom stereocenters.